The Labute approximate surface area is 106 Å². The molecule has 100 valence electrons. The molecule has 0 unspecified atom stereocenters. The highest BCUT2D eigenvalue weighted by atomic mass is 32.2. The Morgan fingerprint density at radius 3 is 2.33 bits per heavy atom. The number of hydrogen-bond acceptors (Lipinski definition) is 3. The van der Waals surface area contributed by atoms with E-state index >= 15 is 0 Å². The molecule has 0 atom stereocenters. The van der Waals surface area contributed by atoms with Crippen LogP contribution < -0.4 is 4.72 Å². The Balaban J connectivity index is 2.76. The number of carbonyl (C=O) groups is 1. The number of nitrogens with zero attached hydrogens (tertiary/aromatic N) is 1. The molecule has 7 heteroatoms. The number of aromatic carboxylic acids is 1. The van der Waals surface area contributed by atoms with Crippen LogP contribution >= 0.6 is 0 Å². The van der Waals surface area contributed by atoms with Gasteiger partial charge in [-0.2, -0.15) is 12.7 Å². The van der Waals surface area contributed by atoms with E-state index in [1.165, 1.54) is 23.5 Å². The second-order valence-electron chi connectivity index (χ2n) is 3.76. The lowest BCUT2D eigenvalue weighted by molar-refractivity contribution is 0.0697. The summed E-state index contributed by atoms with van der Waals surface area (Å²) in [4.78, 5) is 10.7. The van der Waals surface area contributed by atoms with E-state index in [1.54, 1.807) is 19.1 Å². The Hall–Kier alpha value is -1.44. The van der Waals surface area contributed by atoms with Gasteiger partial charge in [0.05, 0.1) is 5.56 Å². The largest absolute Gasteiger partial charge is 0.478 e. The molecule has 0 aliphatic rings. The van der Waals surface area contributed by atoms with Crippen LogP contribution in [0.2, 0.25) is 0 Å². The normalized spacial score (nSPS) is 11.7. The molecular weight excluding hydrogens is 256 g/mol. The molecule has 0 radical (unpaired) electrons. The SMILES string of the molecule is CCNS(=O)(=O)N(C)Cc1ccc(C(=O)O)cc1. The molecule has 0 heterocycles. The van der Waals surface area contributed by atoms with Crippen molar-refractivity contribution in [1.29, 1.82) is 0 Å². The zero-order valence-corrected chi connectivity index (χ0v) is 11.1. The minimum atomic E-state index is -3.47. The smallest absolute Gasteiger partial charge is 0.335 e. The molecule has 2 N–H and O–H groups in total. The molecule has 18 heavy (non-hydrogen) atoms. The van der Waals surface area contributed by atoms with Crippen LogP contribution in [0.3, 0.4) is 0 Å². The van der Waals surface area contributed by atoms with Gasteiger partial charge in [-0.25, -0.2) is 9.52 Å². The highest BCUT2D eigenvalue weighted by Crippen LogP contribution is 2.08. The minimum Gasteiger partial charge on any atom is -0.478 e. The van der Waals surface area contributed by atoms with Crippen LogP contribution in [0.5, 0.6) is 0 Å². The molecule has 1 aromatic carbocycles. The maximum absolute atomic E-state index is 11.6. The van der Waals surface area contributed by atoms with E-state index in [4.69, 9.17) is 5.11 Å². The monoisotopic (exact) mass is 272 g/mol. The van der Waals surface area contributed by atoms with E-state index in [-0.39, 0.29) is 12.1 Å². The Bertz CT molecular complexity index is 510. The zero-order valence-electron chi connectivity index (χ0n) is 10.3. The second-order valence-corrected chi connectivity index (χ2v) is 5.62. The van der Waals surface area contributed by atoms with E-state index in [9.17, 15) is 13.2 Å². The molecule has 0 saturated carbocycles. The average molecular weight is 272 g/mol. The first-order valence-corrected chi connectivity index (χ1v) is 6.84. The van der Waals surface area contributed by atoms with E-state index in [2.05, 4.69) is 4.72 Å². The van der Waals surface area contributed by atoms with Crippen LogP contribution in [0, 0.1) is 0 Å². The third-order valence-electron chi connectivity index (χ3n) is 2.34. The summed E-state index contributed by atoms with van der Waals surface area (Å²) in [5.41, 5.74) is 0.903. The van der Waals surface area contributed by atoms with E-state index in [0.29, 0.717) is 6.54 Å². The Kier molecular flexibility index (Phi) is 4.83. The molecule has 0 amide bonds. The van der Waals surface area contributed by atoms with Crippen molar-refractivity contribution in [1.82, 2.24) is 9.03 Å². The van der Waals surface area contributed by atoms with Crippen molar-refractivity contribution in [3.8, 4) is 0 Å². The van der Waals surface area contributed by atoms with Gasteiger partial charge < -0.3 is 5.11 Å². The number of carboxylic acids is 1. The summed E-state index contributed by atoms with van der Waals surface area (Å²) in [7, 11) is -2.01. The molecule has 0 aliphatic carbocycles. The third-order valence-corrected chi connectivity index (χ3v) is 3.95. The maximum atomic E-state index is 11.6. The minimum absolute atomic E-state index is 0.177. The van der Waals surface area contributed by atoms with Crippen molar-refractivity contribution in [3.63, 3.8) is 0 Å². The van der Waals surface area contributed by atoms with Crippen molar-refractivity contribution in [2.75, 3.05) is 13.6 Å². The molecule has 0 aromatic heterocycles. The zero-order chi connectivity index (χ0) is 13.8. The third kappa shape index (κ3) is 3.80. The van der Waals surface area contributed by atoms with Gasteiger partial charge in [0.1, 0.15) is 0 Å². The molecular formula is C11H16N2O4S. The standard InChI is InChI=1S/C11H16N2O4S/c1-3-12-18(16,17)13(2)8-9-4-6-10(7-5-9)11(14)15/h4-7,12H,3,8H2,1-2H3,(H,14,15). The van der Waals surface area contributed by atoms with Crippen molar-refractivity contribution < 1.29 is 18.3 Å². The van der Waals surface area contributed by atoms with Gasteiger partial charge in [-0.3, -0.25) is 0 Å². The molecule has 0 bridgehead atoms. The maximum Gasteiger partial charge on any atom is 0.335 e. The predicted octanol–water partition coefficient (Wildman–Crippen LogP) is 0.671. The van der Waals surface area contributed by atoms with Gasteiger partial charge in [0, 0.05) is 20.1 Å². The topological polar surface area (TPSA) is 86.7 Å². The van der Waals surface area contributed by atoms with Gasteiger partial charge in [0.15, 0.2) is 0 Å². The average Bonchev–Trinajstić information content (AvgIpc) is 2.29. The lowest BCUT2D eigenvalue weighted by Gasteiger charge is -2.17. The van der Waals surface area contributed by atoms with Crippen LogP contribution in [0.15, 0.2) is 24.3 Å². The van der Waals surface area contributed by atoms with Gasteiger partial charge in [-0.15, -0.1) is 0 Å². The Morgan fingerprint density at radius 1 is 1.33 bits per heavy atom. The molecule has 0 saturated heterocycles. The molecule has 6 nitrogen and oxygen atoms in total. The fourth-order valence-corrected chi connectivity index (χ4v) is 2.29. The molecule has 0 spiro atoms. The lowest BCUT2D eigenvalue weighted by Crippen LogP contribution is -2.37. The van der Waals surface area contributed by atoms with E-state index < -0.39 is 16.2 Å². The number of nitrogens with one attached hydrogen (secondary N) is 1. The van der Waals surface area contributed by atoms with Crippen LogP contribution in [0.25, 0.3) is 0 Å². The summed E-state index contributed by atoms with van der Waals surface area (Å²) in [5, 5.41) is 8.74. The predicted molar refractivity (Wildman–Crippen MR) is 67.5 cm³/mol. The summed E-state index contributed by atoms with van der Waals surface area (Å²) in [6.45, 7) is 2.22. The van der Waals surface area contributed by atoms with Gasteiger partial charge in [0.25, 0.3) is 10.2 Å². The van der Waals surface area contributed by atoms with Gasteiger partial charge in [-0.05, 0) is 17.7 Å². The quantitative estimate of drug-likeness (QED) is 0.797. The highest BCUT2D eigenvalue weighted by Gasteiger charge is 2.16. The van der Waals surface area contributed by atoms with Crippen LogP contribution in [-0.2, 0) is 16.8 Å². The van der Waals surface area contributed by atoms with Crippen molar-refractivity contribution in [2.24, 2.45) is 0 Å². The first kappa shape index (κ1) is 14.6. The summed E-state index contributed by atoms with van der Waals surface area (Å²) >= 11 is 0. The molecule has 0 aliphatic heterocycles. The van der Waals surface area contributed by atoms with Gasteiger partial charge >= 0.3 is 5.97 Å². The molecule has 0 fully saturated rings. The van der Waals surface area contributed by atoms with Crippen molar-refractivity contribution in [3.05, 3.63) is 35.4 Å². The highest BCUT2D eigenvalue weighted by molar-refractivity contribution is 7.87. The molecule has 1 aromatic rings. The summed E-state index contributed by atoms with van der Waals surface area (Å²) in [5.74, 6) is -1.00. The second kappa shape index (κ2) is 5.94. The van der Waals surface area contributed by atoms with Gasteiger partial charge in [-0.1, -0.05) is 19.1 Å². The first-order valence-electron chi connectivity index (χ1n) is 5.40. The Morgan fingerprint density at radius 2 is 1.89 bits per heavy atom. The van der Waals surface area contributed by atoms with Gasteiger partial charge in [0.2, 0.25) is 0 Å². The van der Waals surface area contributed by atoms with E-state index in [1.807, 2.05) is 0 Å². The van der Waals surface area contributed by atoms with Crippen molar-refractivity contribution in [2.45, 2.75) is 13.5 Å². The summed E-state index contributed by atoms with van der Waals surface area (Å²) in [6, 6.07) is 6.10. The number of carboxylic acid groups (broad SMARTS) is 1. The van der Waals surface area contributed by atoms with Crippen LogP contribution in [0.1, 0.15) is 22.8 Å². The van der Waals surface area contributed by atoms with Crippen molar-refractivity contribution >= 4 is 16.2 Å². The van der Waals surface area contributed by atoms with Crippen LogP contribution in [-0.4, -0.2) is 37.4 Å². The number of rotatable bonds is 6. The summed E-state index contributed by atoms with van der Waals surface area (Å²) < 4.78 is 26.8. The molecule has 1 rings (SSSR count). The van der Waals surface area contributed by atoms with E-state index in [0.717, 1.165) is 5.56 Å². The fraction of sp³-hybridized carbons (Fsp3) is 0.364. The number of hydrogen-bond donors (Lipinski definition) is 2. The van der Waals surface area contributed by atoms with Crippen LogP contribution in [0.4, 0.5) is 0 Å². The summed E-state index contributed by atoms with van der Waals surface area (Å²) in [6.07, 6.45) is 0. The lowest BCUT2D eigenvalue weighted by atomic mass is 10.1. The fourth-order valence-electron chi connectivity index (χ4n) is 1.39. The first-order chi connectivity index (χ1) is 8.36. The number of benzene rings is 1.